The van der Waals surface area contributed by atoms with E-state index in [0.717, 1.165) is 43.9 Å². The molecule has 1 saturated carbocycles. The summed E-state index contributed by atoms with van der Waals surface area (Å²) in [6.45, 7) is 8.11. The van der Waals surface area contributed by atoms with Crippen LogP contribution in [0, 0.1) is 12.8 Å². The number of guanidine groups is 1. The Morgan fingerprint density at radius 2 is 2.26 bits per heavy atom. The van der Waals surface area contributed by atoms with Gasteiger partial charge in [0.2, 0.25) is 0 Å². The minimum atomic E-state index is 0. The number of halogens is 1. The van der Waals surface area contributed by atoms with Crippen molar-refractivity contribution in [1.29, 1.82) is 0 Å². The van der Waals surface area contributed by atoms with Crippen molar-refractivity contribution in [3.05, 3.63) is 29.6 Å². The molecule has 1 aliphatic carbocycles. The van der Waals surface area contributed by atoms with Gasteiger partial charge in [0.1, 0.15) is 0 Å². The van der Waals surface area contributed by atoms with E-state index < -0.39 is 0 Å². The molecule has 0 spiro atoms. The summed E-state index contributed by atoms with van der Waals surface area (Å²) in [6.07, 6.45) is 4.49. The second kappa shape index (κ2) is 10.8. The van der Waals surface area contributed by atoms with Crippen LogP contribution in [0.3, 0.4) is 0 Å². The maximum absolute atomic E-state index is 5.70. The smallest absolute Gasteiger partial charge is 0.194 e. The number of hydrogen-bond acceptors (Lipinski definition) is 3. The van der Waals surface area contributed by atoms with Gasteiger partial charge in [-0.2, -0.15) is 0 Å². The van der Waals surface area contributed by atoms with Crippen LogP contribution in [0.25, 0.3) is 0 Å². The first-order valence-electron chi connectivity index (χ1n) is 8.18. The average molecular weight is 432 g/mol. The number of ether oxygens (including phenoxy) is 1. The van der Waals surface area contributed by atoms with E-state index in [1.165, 1.54) is 18.4 Å². The molecule has 1 aromatic rings. The van der Waals surface area contributed by atoms with Crippen molar-refractivity contribution in [2.24, 2.45) is 10.9 Å². The Bertz CT molecular complexity index is 491. The monoisotopic (exact) mass is 432 g/mol. The van der Waals surface area contributed by atoms with Gasteiger partial charge in [-0.25, -0.2) is 4.99 Å². The molecule has 0 bridgehead atoms. The summed E-state index contributed by atoms with van der Waals surface area (Å²) >= 11 is 0. The number of likely N-dealkylation sites (N-methyl/N-ethyl adjacent to an activating group) is 1. The number of nitrogens with zero attached hydrogens (tertiary/aromatic N) is 3. The fraction of sp³-hybridized carbons (Fsp3) is 0.647. The summed E-state index contributed by atoms with van der Waals surface area (Å²) in [7, 11) is 2.05. The Morgan fingerprint density at radius 1 is 1.48 bits per heavy atom. The number of hydrogen-bond donors (Lipinski definition) is 1. The lowest BCUT2D eigenvalue weighted by atomic mass is 10.2. The molecule has 23 heavy (non-hydrogen) atoms. The van der Waals surface area contributed by atoms with Crippen molar-refractivity contribution in [3.63, 3.8) is 0 Å². The number of aliphatic imine (C=N–C) groups is 1. The highest BCUT2D eigenvalue weighted by molar-refractivity contribution is 14.0. The molecule has 1 N–H and O–H groups in total. The molecule has 0 aliphatic heterocycles. The number of nitrogens with one attached hydrogen (secondary N) is 1. The van der Waals surface area contributed by atoms with E-state index >= 15 is 0 Å². The van der Waals surface area contributed by atoms with Crippen LogP contribution in [0.4, 0.5) is 0 Å². The fourth-order valence-electron chi connectivity index (χ4n) is 2.15. The van der Waals surface area contributed by atoms with Crippen LogP contribution in [0.2, 0.25) is 0 Å². The quantitative estimate of drug-likeness (QED) is 0.297. The molecule has 0 radical (unpaired) electrons. The lowest BCUT2D eigenvalue weighted by Gasteiger charge is -2.22. The molecule has 0 amide bonds. The molecular weight excluding hydrogens is 403 g/mol. The average Bonchev–Trinajstić information content (AvgIpc) is 3.33. The van der Waals surface area contributed by atoms with E-state index in [1.54, 1.807) is 0 Å². The lowest BCUT2D eigenvalue weighted by molar-refractivity contribution is 0.115. The van der Waals surface area contributed by atoms with Gasteiger partial charge in [0.05, 0.1) is 18.8 Å². The van der Waals surface area contributed by atoms with Crippen LogP contribution in [-0.2, 0) is 11.3 Å². The van der Waals surface area contributed by atoms with Crippen molar-refractivity contribution in [1.82, 2.24) is 15.2 Å². The van der Waals surface area contributed by atoms with Gasteiger partial charge in [0.15, 0.2) is 5.96 Å². The zero-order valence-electron chi connectivity index (χ0n) is 14.4. The minimum absolute atomic E-state index is 0. The highest BCUT2D eigenvalue weighted by Crippen LogP contribution is 2.28. The molecule has 1 aromatic heterocycles. The maximum atomic E-state index is 5.70. The molecule has 0 aromatic carbocycles. The zero-order valence-corrected chi connectivity index (χ0v) is 16.7. The van der Waals surface area contributed by atoms with Crippen LogP contribution in [0.5, 0.6) is 0 Å². The number of aromatic nitrogens is 1. The molecule has 0 unspecified atom stereocenters. The molecule has 1 fully saturated rings. The summed E-state index contributed by atoms with van der Waals surface area (Å²) in [5.74, 6) is 1.72. The predicted octanol–water partition coefficient (Wildman–Crippen LogP) is 2.83. The second-order valence-corrected chi connectivity index (χ2v) is 5.88. The third-order valence-corrected chi connectivity index (χ3v) is 3.81. The van der Waals surface area contributed by atoms with Gasteiger partial charge in [-0.3, -0.25) is 4.98 Å². The summed E-state index contributed by atoms with van der Waals surface area (Å²) in [6, 6.07) is 4.03. The molecule has 2 rings (SSSR count). The van der Waals surface area contributed by atoms with E-state index in [2.05, 4.69) is 40.1 Å². The fourth-order valence-corrected chi connectivity index (χ4v) is 2.15. The molecular formula is C17H29IN4O. The highest BCUT2D eigenvalue weighted by atomic mass is 127. The van der Waals surface area contributed by atoms with Crippen molar-refractivity contribution >= 4 is 29.9 Å². The molecule has 5 nitrogen and oxygen atoms in total. The first-order chi connectivity index (χ1) is 10.7. The number of rotatable bonds is 8. The number of aryl methyl sites for hydroxylation is 1. The van der Waals surface area contributed by atoms with E-state index in [1.807, 2.05) is 19.3 Å². The van der Waals surface area contributed by atoms with Crippen LogP contribution >= 0.6 is 24.0 Å². The van der Waals surface area contributed by atoms with Crippen molar-refractivity contribution in [3.8, 4) is 0 Å². The molecule has 1 aliphatic rings. The Hall–Kier alpha value is -0.890. The lowest BCUT2D eigenvalue weighted by Crippen LogP contribution is -2.40. The number of pyridine rings is 1. The van der Waals surface area contributed by atoms with Gasteiger partial charge in [-0.15, -0.1) is 24.0 Å². The predicted molar refractivity (Wildman–Crippen MR) is 105 cm³/mol. The SMILES string of the molecule is CCNC(=NCc1ncccc1C)N(C)CCOCC1CC1.I. The van der Waals surface area contributed by atoms with E-state index in [0.29, 0.717) is 6.54 Å². The summed E-state index contributed by atoms with van der Waals surface area (Å²) in [4.78, 5) is 11.2. The summed E-state index contributed by atoms with van der Waals surface area (Å²) < 4.78 is 5.70. The molecule has 1 heterocycles. The first kappa shape index (κ1) is 20.2. The summed E-state index contributed by atoms with van der Waals surface area (Å²) in [5.41, 5.74) is 2.20. The Labute approximate surface area is 156 Å². The van der Waals surface area contributed by atoms with Gasteiger partial charge in [0.25, 0.3) is 0 Å². The van der Waals surface area contributed by atoms with E-state index in [4.69, 9.17) is 4.74 Å². The largest absolute Gasteiger partial charge is 0.379 e. The van der Waals surface area contributed by atoms with Gasteiger partial charge in [-0.05, 0) is 44.2 Å². The third kappa shape index (κ3) is 7.48. The molecule has 0 saturated heterocycles. The Balaban J connectivity index is 0.00000264. The van der Waals surface area contributed by atoms with E-state index in [-0.39, 0.29) is 24.0 Å². The van der Waals surface area contributed by atoms with Gasteiger partial charge in [-0.1, -0.05) is 6.07 Å². The van der Waals surface area contributed by atoms with Gasteiger partial charge < -0.3 is 15.0 Å². The molecule has 0 atom stereocenters. The normalized spacial score (nSPS) is 14.3. The van der Waals surface area contributed by atoms with Gasteiger partial charge in [0, 0.05) is 32.9 Å². The van der Waals surface area contributed by atoms with Crippen molar-refractivity contribution in [2.45, 2.75) is 33.2 Å². The standard InChI is InChI=1S/C17H28N4O.HI/c1-4-18-17(20-12-16-14(2)6-5-9-19-16)21(3)10-11-22-13-15-7-8-15;/h5-6,9,15H,4,7-8,10-13H2,1-3H3,(H,18,20);1H. The van der Waals surface area contributed by atoms with Crippen LogP contribution in [0.15, 0.2) is 23.3 Å². The van der Waals surface area contributed by atoms with Crippen molar-refractivity contribution in [2.75, 3.05) is 33.4 Å². The molecule has 130 valence electrons. The Morgan fingerprint density at radius 3 is 2.91 bits per heavy atom. The topological polar surface area (TPSA) is 49.8 Å². The highest BCUT2D eigenvalue weighted by Gasteiger charge is 2.21. The summed E-state index contributed by atoms with van der Waals surface area (Å²) in [5, 5.41) is 3.33. The van der Waals surface area contributed by atoms with Crippen molar-refractivity contribution < 1.29 is 4.74 Å². The molecule has 6 heteroatoms. The van der Waals surface area contributed by atoms with Gasteiger partial charge >= 0.3 is 0 Å². The minimum Gasteiger partial charge on any atom is -0.379 e. The zero-order chi connectivity index (χ0) is 15.8. The Kier molecular flexibility index (Phi) is 9.47. The van der Waals surface area contributed by atoms with Crippen LogP contribution < -0.4 is 5.32 Å². The third-order valence-electron chi connectivity index (χ3n) is 3.81. The maximum Gasteiger partial charge on any atom is 0.194 e. The van der Waals surface area contributed by atoms with Crippen LogP contribution in [0.1, 0.15) is 31.0 Å². The first-order valence-corrected chi connectivity index (χ1v) is 8.18. The van der Waals surface area contributed by atoms with E-state index in [9.17, 15) is 0 Å². The second-order valence-electron chi connectivity index (χ2n) is 5.88. The van der Waals surface area contributed by atoms with Crippen LogP contribution in [-0.4, -0.2) is 49.2 Å².